The van der Waals surface area contributed by atoms with Gasteiger partial charge in [-0.05, 0) is 35.4 Å². The summed E-state index contributed by atoms with van der Waals surface area (Å²) in [5, 5.41) is 0. The Morgan fingerprint density at radius 2 is 0.861 bits per heavy atom. The zero-order chi connectivity index (χ0) is 25.9. The quantitative estimate of drug-likeness (QED) is 0.408. The highest BCUT2D eigenvalue weighted by molar-refractivity contribution is 5.98. The highest BCUT2D eigenvalue weighted by Crippen LogP contribution is 2.15. The number of hydrogen-bond acceptors (Lipinski definition) is 4. The number of nitrogens with zero attached hydrogens (tertiary/aromatic N) is 2. The fourth-order valence-electron chi connectivity index (χ4n) is 3.72. The van der Waals surface area contributed by atoms with Gasteiger partial charge in [-0.1, -0.05) is 60.7 Å². The van der Waals surface area contributed by atoms with Crippen molar-refractivity contribution in [3.63, 3.8) is 0 Å². The minimum atomic E-state index is -0.490. The molecule has 0 radical (unpaired) electrons. The molecule has 8 nitrogen and oxygen atoms in total. The summed E-state index contributed by atoms with van der Waals surface area (Å²) in [7, 11) is 0. The molecule has 186 valence electrons. The average Bonchev–Trinajstić information content (AvgIpc) is 2.89. The Kier molecular flexibility index (Phi) is 9.33. The second-order valence-electron chi connectivity index (χ2n) is 8.43. The number of hydrogen-bond donors (Lipinski definition) is 2. The molecule has 3 rings (SSSR count). The van der Waals surface area contributed by atoms with Crippen LogP contribution in [0.4, 0.5) is 0 Å². The van der Waals surface area contributed by atoms with Gasteiger partial charge in [0, 0.05) is 50.1 Å². The van der Waals surface area contributed by atoms with Gasteiger partial charge in [0.2, 0.25) is 11.8 Å². The minimum Gasteiger partial charge on any atom is -0.370 e. The van der Waals surface area contributed by atoms with Crippen LogP contribution < -0.4 is 11.5 Å². The molecule has 0 aromatic heterocycles. The van der Waals surface area contributed by atoms with Gasteiger partial charge >= 0.3 is 0 Å². The third-order valence-corrected chi connectivity index (χ3v) is 5.64. The summed E-state index contributed by atoms with van der Waals surface area (Å²) >= 11 is 0. The molecule has 0 aliphatic rings. The maximum Gasteiger partial charge on any atom is 0.254 e. The Hall–Kier alpha value is -4.46. The van der Waals surface area contributed by atoms with Gasteiger partial charge in [0.1, 0.15) is 0 Å². The molecule has 0 unspecified atom stereocenters. The second kappa shape index (κ2) is 12.9. The van der Waals surface area contributed by atoms with E-state index in [2.05, 4.69) is 0 Å². The standard InChI is InChI=1S/C28H30N4O4/c29-25(33)15-17-31(19-21-7-3-1-4-8-21)27(35)23-11-13-24(14-12-23)28(36)32(18-16-26(30)34)20-22-9-5-2-6-10-22/h1-14H,15-20H2,(H2,29,33)(H2,30,34). The number of nitrogens with two attached hydrogens (primary N) is 2. The normalized spacial score (nSPS) is 10.4. The van der Waals surface area contributed by atoms with Gasteiger partial charge in [-0.2, -0.15) is 0 Å². The van der Waals surface area contributed by atoms with Crippen LogP contribution in [0.2, 0.25) is 0 Å². The number of carbonyl (C=O) groups is 4. The van der Waals surface area contributed by atoms with E-state index >= 15 is 0 Å². The number of primary amides is 2. The van der Waals surface area contributed by atoms with E-state index in [9.17, 15) is 19.2 Å². The molecule has 0 aliphatic heterocycles. The molecule has 0 spiro atoms. The van der Waals surface area contributed by atoms with Crippen molar-refractivity contribution in [3.8, 4) is 0 Å². The first-order chi connectivity index (χ1) is 17.3. The summed E-state index contributed by atoms with van der Waals surface area (Å²) in [5.41, 5.74) is 13.2. The lowest BCUT2D eigenvalue weighted by molar-refractivity contribution is -0.119. The summed E-state index contributed by atoms with van der Waals surface area (Å²) in [5.74, 6) is -1.52. The van der Waals surface area contributed by atoms with Gasteiger partial charge in [0.15, 0.2) is 0 Å². The van der Waals surface area contributed by atoms with E-state index in [0.29, 0.717) is 24.2 Å². The lowest BCUT2D eigenvalue weighted by Crippen LogP contribution is -2.34. The first kappa shape index (κ1) is 26.2. The SMILES string of the molecule is NC(=O)CCN(Cc1ccccc1)C(=O)c1ccc(C(=O)N(CCC(N)=O)Cc2ccccc2)cc1. The predicted octanol–water partition coefficient (Wildman–Crippen LogP) is 2.72. The lowest BCUT2D eigenvalue weighted by Gasteiger charge is -2.24. The van der Waals surface area contributed by atoms with Crippen molar-refractivity contribution in [2.24, 2.45) is 11.5 Å². The van der Waals surface area contributed by atoms with Crippen LogP contribution in [0.15, 0.2) is 84.9 Å². The summed E-state index contributed by atoms with van der Waals surface area (Å²) in [6.45, 7) is 1.01. The average molecular weight is 487 g/mol. The van der Waals surface area contributed by atoms with Gasteiger partial charge in [0.25, 0.3) is 11.8 Å². The van der Waals surface area contributed by atoms with E-state index in [4.69, 9.17) is 11.5 Å². The lowest BCUT2D eigenvalue weighted by atomic mass is 10.1. The summed E-state index contributed by atoms with van der Waals surface area (Å²) in [4.78, 5) is 52.2. The van der Waals surface area contributed by atoms with Crippen LogP contribution in [0.3, 0.4) is 0 Å². The third kappa shape index (κ3) is 7.80. The van der Waals surface area contributed by atoms with Crippen molar-refractivity contribution in [2.45, 2.75) is 25.9 Å². The molecule has 0 heterocycles. The van der Waals surface area contributed by atoms with Crippen LogP contribution in [0, 0.1) is 0 Å². The Labute approximate surface area is 210 Å². The fraction of sp³-hybridized carbons (Fsp3) is 0.214. The molecule has 0 bridgehead atoms. The Balaban J connectivity index is 1.76. The predicted molar refractivity (Wildman–Crippen MR) is 136 cm³/mol. The highest BCUT2D eigenvalue weighted by Gasteiger charge is 2.20. The third-order valence-electron chi connectivity index (χ3n) is 5.64. The molecule has 0 saturated carbocycles. The smallest absolute Gasteiger partial charge is 0.254 e. The van der Waals surface area contributed by atoms with Crippen LogP contribution >= 0.6 is 0 Å². The van der Waals surface area contributed by atoms with E-state index in [1.54, 1.807) is 34.1 Å². The van der Waals surface area contributed by atoms with Crippen molar-refractivity contribution in [2.75, 3.05) is 13.1 Å². The van der Waals surface area contributed by atoms with E-state index in [1.165, 1.54) is 0 Å². The molecule has 8 heteroatoms. The molecule has 0 atom stereocenters. The van der Waals surface area contributed by atoms with Crippen LogP contribution in [-0.4, -0.2) is 46.5 Å². The van der Waals surface area contributed by atoms with Crippen molar-refractivity contribution in [3.05, 3.63) is 107 Å². The van der Waals surface area contributed by atoms with Gasteiger partial charge in [-0.25, -0.2) is 0 Å². The van der Waals surface area contributed by atoms with Crippen molar-refractivity contribution >= 4 is 23.6 Å². The highest BCUT2D eigenvalue weighted by atomic mass is 16.2. The maximum atomic E-state index is 13.2. The zero-order valence-corrected chi connectivity index (χ0v) is 20.0. The van der Waals surface area contributed by atoms with E-state index < -0.39 is 11.8 Å². The molecule has 3 aromatic carbocycles. The van der Waals surface area contributed by atoms with Gasteiger partial charge in [-0.3, -0.25) is 19.2 Å². The van der Waals surface area contributed by atoms with Gasteiger partial charge in [-0.15, -0.1) is 0 Å². The molecular formula is C28H30N4O4. The molecule has 4 amide bonds. The van der Waals surface area contributed by atoms with E-state index in [1.807, 2.05) is 60.7 Å². The second-order valence-corrected chi connectivity index (χ2v) is 8.43. The number of amides is 4. The molecule has 0 aliphatic carbocycles. The number of rotatable bonds is 12. The monoisotopic (exact) mass is 486 g/mol. The van der Waals surface area contributed by atoms with Crippen LogP contribution in [0.5, 0.6) is 0 Å². The Morgan fingerprint density at radius 3 is 1.17 bits per heavy atom. The van der Waals surface area contributed by atoms with Crippen molar-refractivity contribution in [1.82, 2.24) is 9.80 Å². The van der Waals surface area contributed by atoms with Gasteiger partial charge < -0.3 is 21.3 Å². The van der Waals surface area contributed by atoms with Gasteiger partial charge in [0.05, 0.1) is 0 Å². The van der Waals surface area contributed by atoms with Crippen LogP contribution in [0.1, 0.15) is 44.7 Å². The first-order valence-electron chi connectivity index (χ1n) is 11.7. The molecular weight excluding hydrogens is 456 g/mol. The van der Waals surface area contributed by atoms with E-state index in [-0.39, 0.29) is 37.7 Å². The largest absolute Gasteiger partial charge is 0.370 e. The summed E-state index contributed by atoms with van der Waals surface area (Å²) in [6, 6.07) is 25.3. The maximum absolute atomic E-state index is 13.2. The number of carbonyl (C=O) groups excluding carboxylic acids is 4. The minimum absolute atomic E-state index is 0.0451. The molecule has 4 N–H and O–H groups in total. The fourth-order valence-corrected chi connectivity index (χ4v) is 3.72. The van der Waals surface area contributed by atoms with Crippen LogP contribution in [-0.2, 0) is 22.7 Å². The topological polar surface area (TPSA) is 127 Å². The van der Waals surface area contributed by atoms with Crippen molar-refractivity contribution < 1.29 is 19.2 Å². The summed E-state index contributed by atoms with van der Waals surface area (Å²) in [6.07, 6.45) is 0.0902. The molecule has 0 fully saturated rings. The molecule has 0 saturated heterocycles. The Morgan fingerprint density at radius 1 is 0.528 bits per heavy atom. The Bertz CT molecular complexity index is 1090. The summed E-state index contributed by atoms with van der Waals surface area (Å²) < 4.78 is 0. The number of benzene rings is 3. The van der Waals surface area contributed by atoms with Crippen molar-refractivity contribution in [1.29, 1.82) is 0 Å². The molecule has 36 heavy (non-hydrogen) atoms. The van der Waals surface area contributed by atoms with E-state index in [0.717, 1.165) is 11.1 Å². The first-order valence-corrected chi connectivity index (χ1v) is 11.7. The van der Waals surface area contributed by atoms with Crippen LogP contribution in [0.25, 0.3) is 0 Å². The molecule has 3 aromatic rings. The zero-order valence-electron chi connectivity index (χ0n) is 20.0.